The fourth-order valence-corrected chi connectivity index (χ4v) is 3.65. The van der Waals surface area contributed by atoms with E-state index in [1.54, 1.807) is 6.33 Å². The zero-order chi connectivity index (χ0) is 17.3. The number of pyridine rings is 1. The van der Waals surface area contributed by atoms with Gasteiger partial charge in [-0.1, -0.05) is 18.2 Å². The topological polar surface area (TPSA) is 49.6 Å². The van der Waals surface area contributed by atoms with Crippen LogP contribution in [0.5, 0.6) is 0 Å². The first-order chi connectivity index (χ1) is 12.9. The van der Waals surface area contributed by atoms with E-state index in [2.05, 4.69) is 42.5 Å². The van der Waals surface area contributed by atoms with Crippen molar-refractivity contribution in [1.82, 2.24) is 24.3 Å². The Balaban J connectivity index is 1.30. The number of hydrogen-bond donors (Lipinski definition) is 0. The summed E-state index contributed by atoms with van der Waals surface area (Å²) < 4.78 is 2.08. The highest BCUT2D eigenvalue weighted by atomic mass is 15.3. The number of fused-ring (bicyclic) bond motifs is 2. The van der Waals surface area contributed by atoms with Crippen molar-refractivity contribution in [3.8, 4) is 0 Å². The van der Waals surface area contributed by atoms with E-state index in [4.69, 9.17) is 4.98 Å². The monoisotopic (exact) mass is 344 g/mol. The summed E-state index contributed by atoms with van der Waals surface area (Å²) in [5.41, 5.74) is 3.13. The molecule has 0 unspecified atom stereocenters. The number of hydrogen-bond acceptors (Lipinski definition) is 5. The zero-order valence-corrected chi connectivity index (χ0v) is 14.5. The molecular formula is C20H20N6. The minimum Gasteiger partial charge on any atom is -0.353 e. The summed E-state index contributed by atoms with van der Waals surface area (Å²) in [6.07, 6.45) is 5.84. The van der Waals surface area contributed by atoms with Crippen molar-refractivity contribution >= 4 is 22.4 Å². The van der Waals surface area contributed by atoms with Gasteiger partial charge in [-0.25, -0.2) is 15.0 Å². The molecule has 0 saturated carbocycles. The smallest absolute Gasteiger partial charge is 0.139 e. The third kappa shape index (κ3) is 2.78. The lowest BCUT2D eigenvalue weighted by Gasteiger charge is -2.35. The molecule has 0 amide bonds. The Morgan fingerprint density at radius 1 is 0.885 bits per heavy atom. The Morgan fingerprint density at radius 3 is 2.62 bits per heavy atom. The highest BCUT2D eigenvalue weighted by Crippen LogP contribution is 2.23. The summed E-state index contributed by atoms with van der Waals surface area (Å²) in [4.78, 5) is 18.5. The van der Waals surface area contributed by atoms with Crippen LogP contribution in [0.3, 0.4) is 0 Å². The van der Waals surface area contributed by atoms with E-state index in [0.717, 1.165) is 60.8 Å². The lowest BCUT2D eigenvalue weighted by atomic mass is 10.2. The molecule has 0 atom stereocenters. The highest BCUT2D eigenvalue weighted by Gasteiger charge is 2.20. The van der Waals surface area contributed by atoms with Crippen LogP contribution in [0.2, 0.25) is 0 Å². The molecule has 6 nitrogen and oxygen atoms in total. The zero-order valence-electron chi connectivity index (χ0n) is 14.5. The number of benzene rings is 1. The minimum absolute atomic E-state index is 0.889. The van der Waals surface area contributed by atoms with Crippen molar-refractivity contribution in [3.63, 3.8) is 0 Å². The van der Waals surface area contributed by atoms with Crippen LogP contribution in [0.15, 0.2) is 61.2 Å². The van der Waals surface area contributed by atoms with Gasteiger partial charge in [0.05, 0.1) is 11.2 Å². The fourth-order valence-electron chi connectivity index (χ4n) is 3.65. The molecule has 0 spiro atoms. The van der Waals surface area contributed by atoms with Crippen molar-refractivity contribution in [2.75, 3.05) is 31.1 Å². The number of anilines is 1. The summed E-state index contributed by atoms with van der Waals surface area (Å²) >= 11 is 0. The van der Waals surface area contributed by atoms with Crippen LogP contribution in [0, 0.1) is 0 Å². The molecule has 0 bridgehead atoms. The van der Waals surface area contributed by atoms with Gasteiger partial charge in [0.2, 0.25) is 0 Å². The largest absolute Gasteiger partial charge is 0.353 e. The number of aromatic nitrogens is 4. The van der Waals surface area contributed by atoms with Crippen molar-refractivity contribution in [2.45, 2.75) is 6.54 Å². The van der Waals surface area contributed by atoms with Gasteiger partial charge in [-0.15, -0.1) is 0 Å². The summed E-state index contributed by atoms with van der Waals surface area (Å²) in [6.45, 7) is 4.83. The molecule has 5 rings (SSSR count). The Labute approximate surface area is 151 Å². The Hall–Kier alpha value is -2.99. The lowest BCUT2D eigenvalue weighted by molar-refractivity contribution is 0.247. The second kappa shape index (κ2) is 6.38. The molecule has 4 heterocycles. The van der Waals surface area contributed by atoms with Crippen LogP contribution in [-0.4, -0.2) is 50.4 Å². The third-order valence-corrected chi connectivity index (χ3v) is 4.99. The predicted molar refractivity (Wildman–Crippen MR) is 102 cm³/mol. The summed E-state index contributed by atoms with van der Waals surface area (Å²) in [7, 11) is 0. The molecule has 0 N–H and O–H groups in total. The molecule has 3 aromatic heterocycles. The first-order valence-electron chi connectivity index (χ1n) is 8.96. The Kier molecular flexibility index (Phi) is 3.75. The predicted octanol–water partition coefficient (Wildman–Crippen LogP) is 2.60. The number of nitrogens with zero attached hydrogens (tertiary/aromatic N) is 6. The molecule has 1 aliphatic heterocycles. The van der Waals surface area contributed by atoms with E-state index >= 15 is 0 Å². The van der Waals surface area contributed by atoms with Gasteiger partial charge in [-0.2, -0.15) is 0 Å². The van der Waals surface area contributed by atoms with Gasteiger partial charge in [0.15, 0.2) is 0 Å². The van der Waals surface area contributed by atoms with Gasteiger partial charge in [0.1, 0.15) is 17.8 Å². The van der Waals surface area contributed by atoms with Gasteiger partial charge in [0, 0.05) is 50.5 Å². The van der Waals surface area contributed by atoms with E-state index < -0.39 is 0 Å². The molecule has 1 aliphatic rings. The van der Waals surface area contributed by atoms with Gasteiger partial charge in [-0.05, 0) is 24.3 Å². The summed E-state index contributed by atoms with van der Waals surface area (Å²) in [5.74, 6) is 1.04. The van der Waals surface area contributed by atoms with E-state index in [0.29, 0.717) is 0 Å². The number of para-hydroxylation sites is 1. The quantitative estimate of drug-likeness (QED) is 0.572. The summed E-state index contributed by atoms with van der Waals surface area (Å²) in [5, 5.41) is 1.13. The van der Waals surface area contributed by atoms with Crippen molar-refractivity contribution in [3.05, 3.63) is 66.9 Å². The molecule has 4 aromatic rings. The average molecular weight is 344 g/mol. The molecule has 1 saturated heterocycles. The van der Waals surface area contributed by atoms with Gasteiger partial charge >= 0.3 is 0 Å². The molecule has 26 heavy (non-hydrogen) atoms. The standard InChI is InChI=1S/C20H20N6/c1-2-6-18-17(5-1)20(22-15-21-18)25-11-9-24(10-12-25)13-16-14-26-8-4-3-7-19(26)23-16/h1-8,14-15H,9-13H2. The third-order valence-electron chi connectivity index (χ3n) is 4.99. The SMILES string of the molecule is c1ccc2c(N3CCN(Cc4cn5ccccc5n4)CC3)ncnc2c1. The maximum absolute atomic E-state index is 4.71. The Morgan fingerprint density at radius 2 is 1.73 bits per heavy atom. The van der Waals surface area contributed by atoms with Crippen LogP contribution in [0.4, 0.5) is 5.82 Å². The van der Waals surface area contributed by atoms with Crippen molar-refractivity contribution in [1.29, 1.82) is 0 Å². The summed E-state index contributed by atoms with van der Waals surface area (Å²) in [6, 6.07) is 14.3. The molecule has 1 aromatic carbocycles. The van der Waals surface area contributed by atoms with Crippen LogP contribution >= 0.6 is 0 Å². The molecule has 1 fully saturated rings. The lowest BCUT2D eigenvalue weighted by Crippen LogP contribution is -2.46. The van der Waals surface area contributed by atoms with E-state index in [9.17, 15) is 0 Å². The van der Waals surface area contributed by atoms with Gasteiger partial charge < -0.3 is 9.30 Å². The van der Waals surface area contributed by atoms with Crippen molar-refractivity contribution in [2.24, 2.45) is 0 Å². The van der Waals surface area contributed by atoms with Crippen LogP contribution < -0.4 is 4.90 Å². The second-order valence-corrected chi connectivity index (χ2v) is 6.68. The number of rotatable bonds is 3. The number of piperazine rings is 1. The first kappa shape index (κ1) is 15.3. The van der Waals surface area contributed by atoms with Gasteiger partial charge in [0.25, 0.3) is 0 Å². The van der Waals surface area contributed by atoms with E-state index in [-0.39, 0.29) is 0 Å². The van der Waals surface area contributed by atoms with Crippen LogP contribution in [0.25, 0.3) is 16.6 Å². The van der Waals surface area contributed by atoms with E-state index in [1.807, 2.05) is 36.5 Å². The normalized spacial score (nSPS) is 15.8. The van der Waals surface area contributed by atoms with Crippen LogP contribution in [0.1, 0.15) is 5.69 Å². The van der Waals surface area contributed by atoms with Crippen molar-refractivity contribution < 1.29 is 0 Å². The second-order valence-electron chi connectivity index (χ2n) is 6.68. The maximum atomic E-state index is 4.71. The molecule has 130 valence electrons. The van der Waals surface area contributed by atoms with Gasteiger partial charge in [-0.3, -0.25) is 4.90 Å². The number of imidazole rings is 1. The first-order valence-corrected chi connectivity index (χ1v) is 8.96. The highest BCUT2D eigenvalue weighted by molar-refractivity contribution is 5.89. The maximum Gasteiger partial charge on any atom is 0.139 e. The fraction of sp³-hybridized carbons (Fsp3) is 0.250. The van der Waals surface area contributed by atoms with E-state index in [1.165, 1.54) is 0 Å². The van der Waals surface area contributed by atoms with Crippen LogP contribution in [-0.2, 0) is 6.54 Å². The molecule has 0 aliphatic carbocycles. The molecule has 0 radical (unpaired) electrons. The molecular weight excluding hydrogens is 324 g/mol. The minimum atomic E-state index is 0.889. The average Bonchev–Trinajstić information content (AvgIpc) is 3.10. The molecule has 6 heteroatoms. The Bertz CT molecular complexity index is 1010.